The van der Waals surface area contributed by atoms with E-state index in [2.05, 4.69) is 77.6 Å². The van der Waals surface area contributed by atoms with Crippen LogP contribution in [0.2, 0.25) is 0 Å². The molecule has 0 aliphatic carbocycles. The molecule has 0 saturated heterocycles. The molecule has 2 aromatic carbocycles. The SMILES string of the molecule is Cc1cccc(NCc2ccc(C)cc2Br)c1. The summed E-state index contributed by atoms with van der Waals surface area (Å²) < 4.78 is 1.16. The molecule has 0 spiro atoms. The van der Waals surface area contributed by atoms with E-state index in [-0.39, 0.29) is 0 Å². The van der Waals surface area contributed by atoms with Crippen molar-refractivity contribution in [3.8, 4) is 0 Å². The van der Waals surface area contributed by atoms with Gasteiger partial charge in [-0.3, -0.25) is 0 Å². The van der Waals surface area contributed by atoms with Gasteiger partial charge in [-0.15, -0.1) is 0 Å². The number of benzene rings is 2. The monoisotopic (exact) mass is 289 g/mol. The summed E-state index contributed by atoms with van der Waals surface area (Å²) in [6.45, 7) is 5.04. The number of nitrogens with one attached hydrogen (secondary N) is 1. The van der Waals surface area contributed by atoms with Gasteiger partial charge in [0.2, 0.25) is 0 Å². The van der Waals surface area contributed by atoms with E-state index < -0.39 is 0 Å². The molecule has 0 fully saturated rings. The number of hydrogen-bond acceptors (Lipinski definition) is 1. The van der Waals surface area contributed by atoms with Crippen LogP contribution in [0.3, 0.4) is 0 Å². The van der Waals surface area contributed by atoms with Gasteiger partial charge in [-0.2, -0.15) is 0 Å². The van der Waals surface area contributed by atoms with E-state index in [1.54, 1.807) is 0 Å². The Morgan fingerprint density at radius 2 is 1.76 bits per heavy atom. The van der Waals surface area contributed by atoms with Crippen LogP contribution in [0.25, 0.3) is 0 Å². The van der Waals surface area contributed by atoms with E-state index >= 15 is 0 Å². The van der Waals surface area contributed by atoms with Crippen molar-refractivity contribution in [1.82, 2.24) is 0 Å². The third kappa shape index (κ3) is 3.34. The first-order chi connectivity index (χ1) is 8.15. The molecule has 1 nitrogen and oxygen atoms in total. The fourth-order valence-electron chi connectivity index (χ4n) is 1.75. The maximum atomic E-state index is 3.60. The summed E-state index contributed by atoms with van der Waals surface area (Å²) in [5.74, 6) is 0. The highest BCUT2D eigenvalue weighted by atomic mass is 79.9. The summed E-state index contributed by atoms with van der Waals surface area (Å²) in [6.07, 6.45) is 0. The minimum atomic E-state index is 0.838. The molecule has 2 rings (SSSR count). The first kappa shape index (κ1) is 12.2. The zero-order valence-electron chi connectivity index (χ0n) is 10.1. The second-order valence-electron chi connectivity index (χ2n) is 4.32. The lowest BCUT2D eigenvalue weighted by atomic mass is 10.1. The zero-order valence-corrected chi connectivity index (χ0v) is 11.7. The minimum absolute atomic E-state index is 0.838. The van der Waals surface area contributed by atoms with Gasteiger partial charge in [0.05, 0.1) is 0 Å². The molecule has 0 aliphatic heterocycles. The summed E-state index contributed by atoms with van der Waals surface area (Å²) >= 11 is 3.60. The van der Waals surface area contributed by atoms with Crippen molar-refractivity contribution in [3.63, 3.8) is 0 Å². The van der Waals surface area contributed by atoms with Crippen molar-refractivity contribution in [2.45, 2.75) is 20.4 Å². The van der Waals surface area contributed by atoms with Crippen LogP contribution in [0, 0.1) is 13.8 Å². The smallest absolute Gasteiger partial charge is 0.0411 e. The molecule has 2 aromatic rings. The van der Waals surface area contributed by atoms with E-state index in [9.17, 15) is 0 Å². The predicted octanol–water partition coefficient (Wildman–Crippen LogP) is 4.68. The van der Waals surface area contributed by atoms with Crippen LogP contribution in [0.4, 0.5) is 5.69 Å². The van der Waals surface area contributed by atoms with Crippen LogP contribution in [0.1, 0.15) is 16.7 Å². The van der Waals surface area contributed by atoms with Gasteiger partial charge in [-0.25, -0.2) is 0 Å². The van der Waals surface area contributed by atoms with Crippen molar-refractivity contribution in [3.05, 3.63) is 63.6 Å². The molecule has 88 valence electrons. The van der Waals surface area contributed by atoms with Crippen molar-refractivity contribution in [2.24, 2.45) is 0 Å². The number of anilines is 1. The van der Waals surface area contributed by atoms with Crippen LogP contribution in [0.15, 0.2) is 46.9 Å². The predicted molar refractivity (Wildman–Crippen MR) is 77.4 cm³/mol. The lowest BCUT2D eigenvalue weighted by Crippen LogP contribution is -2.00. The second kappa shape index (κ2) is 5.37. The molecule has 0 unspecified atom stereocenters. The van der Waals surface area contributed by atoms with Crippen LogP contribution in [-0.2, 0) is 6.54 Å². The van der Waals surface area contributed by atoms with Crippen LogP contribution < -0.4 is 5.32 Å². The maximum absolute atomic E-state index is 3.60. The molecule has 0 atom stereocenters. The van der Waals surface area contributed by atoms with Gasteiger partial charge in [0.1, 0.15) is 0 Å². The average molecular weight is 290 g/mol. The maximum Gasteiger partial charge on any atom is 0.0411 e. The third-order valence-electron chi connectivity index (χ3n) is 2.71. The molecule has 2 heteroatoms. The highest BCUT2D eigenvalue weighted by molar-refractivity contribution is 9.10. The highest BCUT2D eigenvalue weighted by Crippen LogP contribution is 2.20. The van der Waals surface area contributed by atoms with Gasteiger partial charge in [0.25, 0.3) is 0 Å². The first-order valence-corrected chi connectivity index (χ1v) is 6.50. The van der Waals surface area contributed by atoms with Crippen molar-refractivity contribution in [1.29, 1.82) is 0 Å². The van der Waals surface area contributed by atoms with Crippen molar-refractivity contribution in [2.75, 3.05) is 5.32 Å². The van der Waals surface area contributed by atoms with Gasteiger partial charge in [0, 0.05) is 16.7 Å². The zero-order chi connectivity index (χ0) is 12.3. The number of aryl methyl sites for hydroxylation is 2. The fraction of sp³-hybridized carbons (Fsp3) is 0.200. The largest absolute Gasteiger partial charge is 0.381 e. The third-order valence-corrected chi connectivity index (χ3v) is 3.45. The summed E-state index contributed by atoms with van der Waals surface area (Å²) in [4.78, 5) is 0. The van der Waals surface area contributed by atoms with Gasteiger partial charge in [-0.05, 0) is 48.7 Å². The highest BCUT2D eigenvalue weighted by Gasteiger charge is 2.00. The normalized spacial score (nSPS) is 10.3. The Labute approximate surface area is 111 Å². The Morgan fingerprint density at radius 1 is 1.00 bits per heavy atom. The Bertz CT molecular complexity index is 520. The van der Waals surface area contributed by atoms with Gasteiger partial charge in [-0.1, -0.05) is 40.2 Å². The van der Waals surface area contributed by atoms with Gasteiger partial charge in [0.15, 0.2) is 0 Å². The molecule has 0 amide bonds. The summed E-state index contributed by atoms with van der Waals surface area (Å²) in [7, 11) is 0. The topological polar surface area (TPSA) is 12.0 Å². The Morgan fingerprint density at radius 3 is 2.47 bits per heavy atom. The first-order valence-electron chi connectivity index (χ1n) is 5.71. The molecular weight excluding hydrogens is 274 g/mol. The molecule has 0 aromatic heterocycles. The molecule has 0 radical (unpaired) electrons. The van der Waals surface area contributed by atoms with E-state index in [0.29, 0.717) is 0 Å². The Kier molecular flexibility index (Phi) is 3.85. The van der Waals surface area contributed by atoms with Crippen molar-refractivity contribution < 1.29 is 0 Å². The second-order valence-corrected chi connectivity index (χ2v) is 5.17. The Hall–Kier alpha value is -1.28. The molecule has 0 bridgehead atoms. The van der Waals surface area contributed by atoms with Crippen molar-refractivity contribution >= 4 is 21.6 Å². The quantitative estimate of drug-likeness (QED) is 0.865. The number of hydrogen-bond donors (Lipinski definition) is 1. The Balaban J connectivity index is 2.07. The molecule has 0 aliphatic rings. The van der Waals surface area contributed by atoms with Gasteiger partial charge >= 0.3 is 0 Å². The number of rotatable bonds is 3. The molecule has 1 N–H and O–H groups in total. The molecule has 0 saturated carbocycles. The fourth-order valence-corrected chi connectivity index (χ4v) is 2.38. The van der Waals surface area contributed by atoms with E-state index in [1.165, 1.54) is 16.7 Å². The van der Waals surface area contributed by atoms with E-state index in [4.69, 9.17) is 0 Å². The standard InChI is InChI=1S/C15H16BrN/c1-11-4-3-5-14(8-11)17-10-13-7-6-12(2)9-15(13)16/h3-9,17H,10H2,1-2H3. The molecule has 0 heterocycles. The van der Waals surface area contributed by atoms with Gasteiger partial charge < -0.3 is 5.32 Å². The lowest BCUT2D eigenvalue weighted by molar-refractivity contribution is 1.13. The molecular formula is C15H16BrN. The van der Waals surface area contributed by atoms with Crippen LogP contribution >= 0.6 is 15.9 Å². The number of halogens is 1. The van der Waals surface area contributed by atoms with E-state index in [1.807, 2.05) is 0 Å². The summed E-state index contributed by atoms with van der Waals surface area (Å²) in [5, 5.41) is 3.43. The molecule has 17 heavy (non-hydrogen) atoms. The van der Waals surface area contributed by atoms with Crippen LogP contribution in [0.5, 0.6) is 0 Å². The lowest BCUT2D eigenvalue weighted by Gasteiger charge is -2.09. The van der Waals surface area contributed by atoms with Crippen LogP contribution in [-0.4, -0.2) is 0 Å². The minimum Gasteiger partial charge on any atom is -0.381 e. The summed E-state index contributed by atoms with van der Waals surface area (Å²) in [6, 6.07) is 14.9. The summed E-state index contributed by atoms with van der Waals surface area (Å²) in [5.41, 5.74) is 4.99. The van der Waals surface area contributed by atoms with E-state index in [0.717, 1.165) is 16.7 Å². The average Bonchev–Trinajstić information content (AvgIpc) is 2.28.